The number of aryl methyl sites for hydroxylation is 1. The lowest BCUT2D eigenvalue weighted by molar-refractivity contribution is 0.457. The van der Waals surface area contributed by atoms with Gasteiger partial charge >= 0.3 is 0 Å². The molecule has 0 aliphatic rings. The van der Waals surface area contributed by atoms with Crippen LogP contribution in [-0.2, 0) is 0 Å². The maximum atomic E-state index is 13.0. The van der Waals surface area contributed by atoms with Gasteiger partial charge in [-0.1, -0.05) is 0 Å². The molecular formula is C11H8BrFN2O. The van der Waals surface area contributed by atoms with E-state index in [-0.39, 0.29) is 5.82 Å². The first-order valence-electron chi connectivity index (χ1n) is 4.58. The number of benzene rings is 1. The molecular weight excluding hydrogens is 275 g/mol. The molecule has 1 aromatic heterocycles. The van der Waals surface area contributed by atoms with Crippen LogP contribution in [0.4, 0.5) is 4.39 Å². The summed E-state index contributed by atoms with van der Waals surface area (Å²) in [6.45, 7) is 1.77. The van der Waals surface area contributed by atoms with Crippen LogP contribution in [0.25, 0.3) is 0 Å². The number of halogens is 2. The number of hydrogen-bond donors (Lipinski definition) is 0. The summed E-state index contributed by atoms with van der Waals surface area (Å²) >= 11 is 3.09. The number of aromatic nitrogens is 2. The first-order chi connectivity index (χ1) is 7.65. The molecule has 0 atom stereocenters. The molecule has 2 rings (SSSR count). The molecule has 1 aromatic carbocycles. The van der Waals surface area contributed by atoms with Crippen LogP contribution in [0.5, 0.6) is 11.6 Å². The van der Waals surface area contributed by atoms with Crippen LogP contribution in [0.2, 0.25) is 0 Å². The predicted molar refractivity (Wildman–Crippen MR) is 60.9 cm³/mol. The minimum Gasteiger partial charge on any atom is -0.439 e. The van der Waals surface area contributed by atoms with E-state index in [0.29, 0.717) is 21.9 Å². The SMILES string of the molecule is Cc1nccc(Oc2ccc(F)c(Br)c2)n1. The third-order valence-corrected chi connectivity index (χ3v) is 2.47. The van der Waals surface area contributed by atoms with Gasteiger partial charge in [0, 0.05) is 12.3 Å². The Balaban J connectivity index is 2.24. The molecule has 0 aliphatic carbocycles. The molecule has 0 N–H and O–H groups in total. The van der Waals surface area contributed by atoms with Crippen LogP contribution in [0, 0.1) is 12.7 Å². The van der Waals surface area contributed by atoms with Crippen LogP contribution in [0.15, 0.2) is 34.9 Å². The Labute approximate surface area is 100 Å². The van der Waals surface area contributed by atoms with Gasteiger partial charge in [0.05, 0.1) is 4.47 Å². The van der Waals surface area contributed by atoms with Crippen LogP contribution in [0.1, 0.15) is 5.82 Å². The molecule has 82 valence electrons. The van der Waals surface area contributed by atoms with Gasteiger partial charge in [-0.05, 0) is 41.1 Å². The zero-order chi connectivity index (χ0) is 11.5. The maximum absolute atomic E-state index is 13.0. The minimum atomic E-state index is -0.328. The fourth-order valence-corrected chi connectivity index (χ4v) is 1.51. The molecule has 0 unspecified atom stereocenters. The van der Waals surface area contributed by atoms with Crippen LogP contribution in [-0.4, -0.2) is 9.97 Å². The second-order valence-corrected chi connectivity index (χ2v) is 3.97. The van der Waals surface area contributed by atoms with Crippen molar-refractivity contribution < 1.29 is 9.13 Å². The molecule has 2 aromatic rings. The Bertz CT molecular complexity index is 519. The molecule has 3 nitrogen and oxygen atoms in total. The fourth-order valence-electron chi connectivity index (χ4n) is 1.15. The highest BCUT2D eigenvalue weighted by molar-refractivity contribution is 9.10. The van der Waals surface area contributed by atoms with Gasteiger partial charge in [0.1, 0.15) is 17.4 Å². The van der Waals surface area contributed by atoms with Gasteiger partial charge in [0.2, 0.25) is 5.88 Å². The van der Waals surface area contributed by atoms with E-state index in [4.69, 9.17) is 4.74 Å². The average molecular weight is 283 g/mol. The van der Waals surface area contributed by atoms with E-state index in [1.165, 1.54) is 12.1 Å². The molecule has 0 bridgehead atoms. The molecule has 0 aliphatic heterocycles. The second kappa shape index (κ2) is 4.57. The summed E-state index contributed by atoms with van der Waals surface area (Å²) in [7, 11) is 0. The van der Waals surface area contributed by atoms with Gasteiger partial charge in [0.25, 0.3) is 0 Å². The number of rotatable bonds is 2. The van der Waals surface area contributed by atoms with Gasteiger partial charge in [-0.3, -0.25) is 0 Å². The van der Waals surface area contributed by atoms with E-state index in [0.717, 1.165) is 0 Å². The number of nitrogens with zero attached hydrogens (tertiary/aromatic N) is 2. The summed E-state index contributed by atoms with van der Waals surface area (Å²) in [5.41, 5.74) is 0. The van der Waals surface area contributed by atoms with Crippen molar-refractivity contribution >= 4 is 15.9 Å². The lowest BCUT2D eigenvalue weighted by Crippen LogP contribution is -1.92. The summed E-state index contributed by atoms with van der Waals surface area (Å²) in [6, 6.07) is 6.06. The lowest BCUT2D eigenvalue weighted by Gasteiger charge is -2.05. The standard InChI is InChI=1S/C11H8BrFN2O/c1-7-14-5-4-11(15-7)16-8-2-3-10(13)9(12)6-8/h2-6H,1H3. The van der Waals surface area contributed by atoms with E-state index in [1.807, 2.05) is 0 Å². The van der Waals surface area contributed by atoms with E-state index >= 15 is 0 Å². The monoisotopic (exact) mass is 282 g/mol. The van der Waals surface area contributed by atoms with Gasteiger partial charge in [-0.25, -0.2) is 9.37 Å². The van der Waals surface area contributed by atoms with Crippen molar-refractivity contribution in [3.05, 3.63) is 46.6 Å². The third kappa shape index (κ3) is 2.55. The Hall–Kier alpha value is -1.49. The molecule has 0 fully saturated rings. The van der Waals surface area contributed by atoms with Crippen molar-refractivity contribution in [3.8, 4) is 11.6 Å². The Morgan fingerprint density at radius 1 is 1.31 bits per heavy atom. The van der Waals surface area contributed by atoms with E-state index in [2.05, 4.69) is 25.9 Å². The first kappa shape index (κ1) is 11.0. The summed E-state index contributed by atoms with van der Waals surface area (Å²) in [6.07, 6.45) is 1.61. The highest BCUT2D eigenvalue weighted by Gasteiger charge is 2.03. The van der Waals surface area contributed by atoms with Crippen molar-refractivity contribution in [3.63, 3.8) is 0 Å². The second-order valence-electron chi connectivity index (χ2n) is 3.12. The Kier molecular flexibility index (Phi) is 3.14. The molecule has 0 amide bonds. The van der Waals surface area contributed by atoms with Crippen molar-refractivity contribution in [2.75, 3.05) is 0 Å². The maximum Gasteiger partial charge on any atom is 0.222 e. The number of ether oxygens (including phenoxy) is 1. The molecule has 0 saturated heterocycles. The topological polar surface area (TPSA) is 35.0 Å². The first-order valence-corrected chi connectivity index (χ1v) is 5.37. The smallest absolute Gasteiger partial charge is 0.222 e. The Morgan fingerprint density at radius 3 is 2.81 bits per heavy atom. The van der Waals surface area contributed by atoms with E-state index < -0.39 is 0 Å². The zero-order valence-corrected chi connectivity index (χ0v) is 10.0. The Morgan fingerprint density at radius 2 is 2.12 bits per heavy atom. The van der Waals surface area contributed by atoms with Crippen molar-refractivity contribution in [1.82, 2.24) is 9.97 Å². The highest BCUT2D eigenvalue weighted by atomic mass is 79.9. The summed E-state index contributed by atoms with van der Waals surface area (Å²) in [5.74, 6) is 1.25. The normalized spacial score (nSPS) is 10.2. The van der Waals surface area contributed by atoms with E-state index in [1.54, 1.807) is 25.3 Å². The molecule has 0 radical (unpaired) electrons. The third-order valence-electron chi connectivity index (χ3n) is 1.86. The summed E-state index contributed by atoms with van der Waals surface area (Å²) in [5, 5.41) is 0. The highest BCUT2D eigenvalue weighted by Crippen LogP contribution is 2.25. The van der Waals surface area contributed by atoms with E-state index in [9.17, 15) is 4.39 Å². The number of hydrogen-bond acceptors (Lipinski definition) is 3. The predicted octanol–water partition coefficient (Wildman–Crippen LogP) is 3.48. The van der Waals surface area contributed by atoms with Crippen LogP contribution >= 0.6 is 15.9 Å². The summed E-state index contributed by atoms with van der Waals surface area (Å²) in [4.78, 5) is 8.03. The average Bonchev–Trinajstić information content (AvgIpc) is 2.24. The molecule has 16 heavy (non-hydrogen) atoms. The quantitative estimate of drug-likeness (QED) is 0.846. The summed E-state index contributed by atoms with van der Waals surface area (Å²) < 4.78 is 18.8. The van der Waals surface area contributed by atoms with Crippen LogP contribution in [0.3, 0.4) is 0 Å². The van der Waals surface area contributed by atoms with Gasteiger partial charge in [0.15, 0.2) is 0 Å². The van der Waals surface area contributed by atoms with Crippen molar-refractivity contribution in [2.45, 2.75) is 6.92 Å². The van der Waals surface area contributed by atoms with Gasteiger partial charge in [-0.15, -0.1) is 0 Å². The van der Waals surface area contributed by atoms with Crippen LogP contribution < -0.4 is 4.74 Å². The lowest BCUT2D eigenvalue weighted by atomic mass is 10.3. The molecule has 0 saturated carbocycles. The largest absolute Gasteiger partial charge is 0.439 e. The van der Waals surface area contributed by atoms with Gasteiger partial charge in [-0.2, -0.15) is 4.98 Å². The molecule has 1 heterocycles. The van der Waals surface area contributed by atoms with Crippen molar-refractivity contribution in [2.24, 2.45) is 0 Å². The molecule has 0 spiro atoms. The molecule has 5 heteroatoms. The van der Waals surface area contributed by atoms with Gasteiger partial charge < -0.3 is 4.74 Å². The zero-order valence-electron chi connectivity index (χ0n) is 8.45. The van der Waals surface area contributed by atoms with Crippen molar-refractivity contribution in [1.29, 1.82) is 0 Å². The fraction of sp³-hybridized carbons (Fsp3) is 0.0909. The minimum absolute atomic E-state index is 0.328.